The van der Waals surface area contributed by atoms with Crippen LogP contribution in [0.5, 0.6) is 0 Å². The van der Waals surface area contributed by atoms with E-state index in [0.717, 1.165) is 12.1 Å². The zero-order valence-electron chi connectivity index (χ0n) is 8.67. The molecule has 0 bridgehead atoms. The molecule has 1 rings (SSSR count). The second-order valence-corrected chi connectivity index (χ2v) is 3.35. The smallest absolute Gasteiger partial charge is 0.396 e. The maximum absolute atomic E-state index is 13.3. The third-order valence-corrected chi connectivity index (χ3v) is 2.17. The number of alkyl halides is 3. The number of aliphatic hydroxyl groups is 1. The van der Waals surface area contributed by atoms with Crippen molar-refractivity contribution in [2.45, 2.75) is 18.6 Å². The molecule has 0 radical (unpaired) electrons. The van der Waals surface area contributed by atoms with Gasteiger partial charge in [0.2, 0.25) is 0 Å². The molecule has 0 fully saturated rings. The van der Waals surface area contributed by atoms with Gasteiger partial charge in [-0.05, 0) is 18.6 Å². The van der Waals surface area contributed by atoms with Crippen LogP contribution in [-0.2, 0) is 6.18 Å². The average molecular weight is 274 g/mol. The summed E-state index contributed by atoms with van der Waals surface area (Å²) in [5, 5.41) is 8.59. The van der Waals surface area contributed by atoms with Crippen molar-refractivity contribution in [1.82, 2.24) is 0 Å². The average Bonchev–Trinajstić information content (AvgIpc) is 2.16. The Balaban J connectivity index is 0.00000256. The van der Waals surface area contributed by atoms with Crippen molar-refractivity contribution >= 4 is 12.4 Å². The third kappa shape index (κ3) is 4.14. The van der Waals surface area contributed by atoms with E-state index in [2.05, 4.69) is 0 Å². The maximum Gasteiger partial charge on any atom is 0.416 e. The van der Waals surface area contributed by atoms with E-state index in [9.17, 15) is 17.6 Å². The van der Waals surface area contributed by atoms with Gasteiger partial charge in [-0.25, -0.2) is 4.39 Å². The fraction of sp³-hybridized carbons (Fsp3) is 0.400. The first-order valence-corrected chi connectivity index (χ1v) is 4.59. The predicted molar refractivity (Wildman–Crippen MR) is 57.3 cm³/mol. The topological polar surface area (TPSA) is 46.2 Å². The van der Waals surface area contributed by atoms with Gasteiger partial charge in [-0.15, -0.1) is 12.4 Å². The molecule has 1 atom stereocenters. The molecule has 7 heteroatoms. The summed E-state index contributed by atoms with van der Waals surface area (Å²) in [5.74, 6) is -1.00. The number of aliphatic hydroxyl groups excluding tert-OH is 1. The van der Waals surface area contributed by atoms with E-state index >= 15 is 0 Å². The van der Waals surface area contributed by atoms with Gasteiger partial charge in [0.1, 0.15) is 5.82 Å². The fourth-order valence-electron chi connectivity index (χ4n) is 1.30. The van der Waals surface area contributed by atoms with Gasteiger partial charge in [-0.3, -0.25) is 0 Å². The zero-order valence-corrected chi connectivity index (χ0v) is 9.48. The Morgan fingerprint density at radius 1 is 1.29 bits per heavy atom. The normalized spacial score (nSPS) is 13.1. The zero-order chi connectivity index (χ0) is 12.3. The van der Waals surface area contributed by atoms with Crippen molar-refractivity contribution in [3.63, 3.8) is 0 Å². The van der Waals surface area contributed by atoms with Gasteiger partial charge in [-0.1, -0.05) is 6.07 Å². The molecule has 0 aliphatic heterocycles. The molecule has 98 valence electrons. The highest BCUT2D eigenvalue weighted by Crippen LogP contribution is 2.31. The molecule has 2 nitrogen and oxygen atoms in total. The summed E-state index contributed by atoms with van der Waals surface area (Å²) in [6.07, 6.45) is -4.47. The van der Waals surface area contributed by atoms with Gasteiger partial charge < -0.3 is 10.8 Å². The Morgan fingerprint density at radius 3 is 2.29 bits per heavy atom. The minimum atomic E-state index is -4.57. The number of rotatable bonds is 3. The Bertz CT molecular complexity index is 370. The standard InChI is InChI=1S/C10H11F4NO.ClH/c11-8-5-6(10(12,13)14)1-2-7(8)9(15)3-4-16;/h1-2,5,9,16H,3-4,15H2;1H. The quantitative estimate of drug-likeness (QED) is 0.832. The molecule has 0 saturated heterocycles. The first-order chi connectivity index (χ1) is 7.36. The van der Waals surface area contributed by atoms with Gasteiger partial charge in [0.05, 0.1) is 5.56 Å². The van der Waals surface area contributed by atoms with Crippen molar-refractivity contribution in [1.29, 1.82) is 0 Å². The van der Waals surface area contributed by atoms with Crippen LogP contribution in [0.25, 0.3) is 0 Å². The Kier molecular flexibility index (Phi) is 5.87. The van der Waals surface area contributed by atoms with Crippen LogP contribution in [0.15, 0.2) is 18.2 Å². The molecule has 0 amide bonds. The van der Waals surface area contributed by atoms with Crippen LogP contribution in [0.3, 0.4) is 0 Å². The Labute approximate surface area is 102 Å². The van der Waals surface area contributed by atoms with E-state index in [1.165, 1.54) is 0 Å². The van der Waals surface area contributed by atoms with Crippen LogP contribution in [0.4, 0.5) is 17.6 Å². The molecule has 1 aromatic carbocycles. The summed E-state index contributed by atoms with van der Waals surface area (Å²) in [6, 6.07) is 1.38. The molecule has 3 N–H and O–H groups in total. The first-order valence-electron chi connectivity index (χ1n) is 4.59. The van der Waals surface area contributed by atoms with Crippen LogP contribution in [0.1, 0.15) is 23.6 Å². The molecule has 0 aromatic heterocycles. The van der Waals surface area contributed by atoms with Gasteiger partial charge in [0.25, 0.3) is 0 Å². The van der Waals surface area contributed by atoms with Crippen LogP contribution in [0.2, 0.25) is 0 Å². The molecular weight excluding hydrogens is 262 g/mol. The predicted octanol–water partition coefficient (Wildman–Crippen LogP) is 2.65. The van der Waals surface area contributed by atoms with Crippen molar-refractivity contribution in [2.75, 3.05) is 6.61 Å². The monoisotopic (exact) mass is 273 g/mol. The van der Waals surface area contributed by atoms with Gasteiger partial charge in [-0.2, -0.15) is 13.2 Å². The first kappa shape index (κ1) is 16.1. The molecule has 1 aromatic rings. The fourth-order valence-corrected chi connectivity index (χ4v) is 1.30. The highest BCUT2D eigenvalue weighted by Gasteiger charge is 2.31. The minimum absolute atomic E-state index is 0. The van der Waals surface area contributed by atoms with Crippen molar-refractivity contribution in [3.8, 4) is 0 Å². The summed E-state index contributed by atoms with van der Waals surface area (Å²) in [6.45, 7) is -0.248. The summed E-state index contributed by atoms with van der Waals surface area (Å²) in [7, 11) is 0. The number of hydrogen-bond acceptors (Lipinski definition) is 2. The van der Waals surface area contributed by atoms with Crippen molar-refractivity contribution < 1.29 is 22.7 Å². The molecule has 0 saturated carbocycles. The van der Waals surface area contributed by atoms with E-state index in [0.29, 0.717) is 6.07 Å². The SMILES string of the molecule is Cl.NC(CCO)c1ccc(C(F)(F)F)cc1F. The van der Waals surface area contributed by atoms with E-state index in [-0.39, 0.29) is 31.0 Å². The van der Waals surface area contributed by atoms with E-state index in [1.807, 2.05) is 0 Å². The summed E-state index contributed by atoms with van der Waals surface area (Å²) in [5.41, 5.74) is 4.41. The van der Waals surface area contributed by atoms with Crippen LogP contribution < -0.4 is 5.73 Å². The molecule has 1 unspecified atom stereocenters. The number of nitrogens with two attached hydrogens (primary N) is 1. The molecular formula is C10H12ClF4NO. The van der Waals surface area contributed by atoms with Crippen LogP contribution in [0, 0.1) is 5.82 Å². The van der Waals surface area contributed by atoms with Gasteiger partial charge in [0, 0.05) is 18.2 Å². The molecule has 0 aliphatic rings. The highest BCUT2D eigenvalue weighted by atomic mass is 35.5. The van der Waals surface area contributed by atoms with Crippen molar-refractivity contribution in [2.24, 2.45) is 5.73 Å². The summed E-state index contributed by atoms with van der Waals surface area (Å²) >= 11 is 0. The molecule has 0 aliphatic carbocycles. The second-order valence-electron chi connectivity index (χ2n) is 3.35. The van der Waals surface area contributed by atoms with Crippen LogP contribution in [-0.4, -0.2) is 11.7 Å². The lowest BCUT2D eigenvalue weighted by Gasteiger charge is -2.13. The summed E-state index contributed by atoms with van der Waals surface area (Å²) < 4.78 is 49.9. The Morgan fingerprint density at radius 2 is 1.88 bits per heavy atom. The number of hydrogen-bond donors (Lipinski definition) is 2. The number of halogens is 5. The highest BCUT2D eigenvalue weighted by molar-refractivity contribution is 5.85. The molecule has 0 spiro atoms. The van der Waals surface area contributed by atoms with E-state index in [1.54, 1.807) is 0 Å². The van der Waals surface area contributed by atoms with E-state index < -0.39 is 23.6 Å². The largest absolute Gasteiger partial charge is 0.416 e. The minimum Gasteiger partial charge on any atom is -0.396 e. The Hall–Kier alpha value is -0.850. The van der Waals surface area contributed by atoms with Gasteiger partial charge in [0.15, 0.2) is 0 Å². The third-order valence-electron chi connectivity index (χ3n) is 2.17. The lowest BCUT2D eigenvalue weighted by molar-refractivity contribution is -0.137. The van der Waals surface area contributed by atoms with E-state index in [4.69, 9.17) is 10.8 Å². The van der Waals surface area contributed by atoms with Crippen molar-refractivity contribution in [3.05, 3.63) is 35.1 Å². The molecule has 17 heavy (non-hydrogen) atoms. The van der Waals surface area contributed by atoms with Crippen LogP contribution >= 0.6 is 12.4 Å². The summed E-state index contributed by atoms with van der Waals surface area (Å²) in [4.78, 5) is 0. The number of benzene rings is 1. The maximum atomic E-state index is 13.3. The second kappa shape index (κ2) is 6.18. The molecule has 0 heterocycles. The lowest BCUT2D eigenvalue weighted by Crippen LogP contribution is -2.15. The van der Waals surface area contributed by atoms with Gasteiger partial charge >= 0.3 is 6.18 Å². The lowest BCUT2D eigenvalue weighted by atomic mass is 10.0.